The number of hydrogen-bond acceptors (Lipinski definition) is 5. The Balaban J connectivity index is 2.23. The van der Waals surface area contributed by atoms with E-state index in [-0.39, 0.29) is 0 Å². The van der Waals surface area contributed by atoms with Crippen LogP contribution in [-0.2, 0) is 0 Å². The number of benzene rings is 1. The normalized spacial score (nSPS) is 10.2. The first kappa shape index (κ1) is 14.0. The second-order valence-corrected chi connectivity index (χ2v) is 4.33. The molecule has 1 aromatic heterocycles. The van der Waals surface area contributed by atoms with Crippen LogP contribution in [0.3, 0.4) is 0 Å². The molecule has 0 spiro atoms. The van der Waals surface area contributed by atoms with Crippen molar-refractivity contribution in [2.75, 3.05) is 24.8 Å². The monoisotopic (exact) mass is 273 g/mol. The van der Waals surface area contributed by atoms with Crippen LogP contribution in [0.25, 0.3) is 0 Å². The summed E-state index contributed by atoms with van der Waals surface area (Å²) >= 11 is 0. The van der Waals surface area contributed by atoms with Crippen LogP contribution < -0.4 is 20.5 Å². The third kappa shape index (κ3) is 3.12. The smallest absolute Gasteiger partial charge is 0.239 e. The third-order valence-corrected chi connectivity index (χ3v) is 2.87. The minimum Gasteiger partial charge on any atom is -0.497 e. The van der Waals surface area contributed by atoms with Gasteiger partial charge in [0.15, 0.2) is 0 Å². The average Bonchev–Trinajstić information content (AvgIpc) is 2.45. The first-order valence-corrected chi connectivity index (χ1v) is 6.45. The van der Waals surface area contributed by atoms with Crippen LogP contribution in [0.4, 0.5) is 17.2 Å². The summed E-state index contributed by atoms with van der Waals surface area (Å²) in [6, 6.07) is 9.41. The molecule has 20 heavy (non-hydrogen) atoms. The Morgan fingerprint density at radius 2 is 2.05 bits per heavy atom. The van der Waals surface area contributed by atoms with Gasteiger partial charge in [0.2, 0.25) is 5.88 Å². The second kappa shape index (κ2) is 6.14. The molecule has 106 valence electrons. The van der Waals surface area contributed by atoms with E-state index in [9.17, 15) is 0 Å². The van der Waals surface area contributed by atoms with Crippen molar-refractivity contribution in [2.45, 2.75) is 13.8 Å². The van der Waals surface area contributed by atoms with Gasteiger partial charge in [0.25, 0.3) is 0 Å². The van der Waals surface area contributed by atoms with E-state index in [1.807, 2.05) is 38.1 Å². The molecule has 0 atom stereocenters. The molecule has 0 aliphatic heterocycles. The number of aryl methyl sites for hydroxylation is 1. The van der Waals surface area contributed by atoms with Crippen molar-refractivity contribution in [3.8, 4) is 11.6 Å². The lowest BCUT2D eigenvalue weighted by Gasteiger charge is -2.12. The van der Waals surface area contributed by atoms with E-state index in [0.29, 0.717) is 24.0 Å². The van der Waals surface area contributed by atoms with Crippen molar-refractivity contribution in [1.29, 1.82) is 0 Å². The molecule has 2 aromatic rings. The third-order valence-electron chi connectivity index (χ3n) is 2.87. The molecule has 5 heteroatoms. The van der Waals surface area contributed by atoms with Crippen molar-refractivity contribution in [3.05, 3.63) is 35.9 Å². The molecule has 0 fully saturated rings. The fraction of sp³-hybridized carbons (Fsp3) is 0.267. The highest BCUT2D eigenvalue weighted by Crippen LogP contribution is 2.26. The molecule has 5 nitrogen and oxygen atoms in total. The van der Waals surface area contributed by atoms with E-state index < -0.39 is 0 Å². The van der Waals surface area contributed by atoms with Crippen LogP contribution in [0.15, 0.2) is 30.3 Å². The first-order chi connectivity index (χ1) is 9.63. The molecule has 1 aromatic carbocycles. The first-order valence-electron chi connectivity index (χ1n) is 6.45. The zero-order valence-electron chi connectivity index (χ0n) is 11.9. The van der Waals surface area contributed by atoms with Gasteiger partial charge in [0, 0.05) is 5.69 Å². The molecular weight excluding hydrogens is 254 g/mol. The Bertz CT molecular complexity index is 600. The second-order valence-electron chi connectivity index (χ2n) is 4.33. The summed E-state index contributed by atoms with van der Waals surface area (Å²) in [5, 5.41) is 3.25. The average molecular weight is 273 g/mol. The molecule has 2 rings (SSSR count). The zero-order chi connectivity index (χ0) is 14.5. The maximum absolute atomic E-state index is 5.80. The Morgan fingerprint density at radius 1 is 1.25 bits per heavy atom. The number of nitrogens with two attached hydrogens (primary N) is 1. The fourth-order valence-corrected chi connectivity index (χ4v) is 1.81. The standard InChI is InChI=1S/C15H19N3O2/c1-4-20-15-12(16)6-8-14(18-15)17-13-7-5-11(19-3)9-10(13)2/h5-9H,4,16H2,1-3H3,(H,17,18). The van der Waals surface area contributed by atoms with Crippen LogP contribution in [0.1, 0.15) is 12.5 Å². The van der Waals surface area contributed by atoms with Crippen molar-refractivity contribution in [3.63, 3.8) is 0 Å². The van der Waals surface area contributed by atoms with Gasteiger partial charge in [-0.1, -0.05) is 0 Å². The molecular formula is C15H19N3O2. The number of aromatic nitrogens is 1. The number of ether oxygens (including phenoxy) is 2. The van der Waals surface area contributed by atoms with Crippen molar-refractivity contribution < 1.29 is 9.47 Å². The summed E-state index contributed by atoms with van der Waals surface area (Å²) in [4.78, 5) is 4.35. The van der Waals surface area contributed by atoms with Gasteiger partial charge >= 0.3 is 0 Å². The number of nitrogen functional groups attached to an aromatic ring is 1. The molecule has 3 N–H and O–H groups in total. The maximum Gasteiger partial charge on any atom is 0.239 e. The lowest BCUT2D eigenvalue weighted by molar-refractivity contribution is 0.329. The number of methoxy groups -OCH3 is 1. The van der Waals surface area contributed by atoms with E-state index in [1.165, 1.54) is 0 Å². The number of nitrogens with zero attached hydrogens (tertiary/aromatic N) is 1. The van der Waals surface area contributed by atoms with Crippen LogP contribution in [0.2, 0.25) is 0 Å². The van der Waals surface area contributed by atoms with Gasteiger partial charge in [0.05, 0.1) is 19.4 Å². The quantitative estimate of drug-likeness (QED) is 0.876. The predicted octanol–water partition coefficient (Wildman–Crippen LogP) is 3.12. The Labute approximate surface area is 118 Å². The van der Waals surface area contributed by atoms with Gasteiger partial charge in [-0.3, -0.25) is 0 Å². The summed E-state index contributed by atoms with van der Waals surface area (Å²) in [6.07, 6.45) is 0. The van der Waals surface area contributed by atoms with Crippen LogP contribution in [-0.4, -0.2) is 18.7 Å². The summed E-state index contributed by atoms with van der Waals surface area (Å²) < 4.78 is 10.6. The molecule has 0 saturated heterocycles. The highest BCUT2D eigenvalue weighted by atomic mass is 16.5. The van der Waals surface area contributed by atoms with Crippen molar-refractivity contribution in [1.82, 2.24) is 4.98 Å². The fourth-order valence-electron chi connectivity index (χ4n) is 1.81. The van der Waals surface area contributed by atoms with Gasteiger partial charge < -0.3 is 20.5 Å². The molecule has 0 amide bonds. The van der Waals surface area contributed by atoms with Crippen molar-refractivity contribution >= 4 is 17.2 Å². The summed E-state index contributed by atoms with van der Waals surface area (Å²) in [5.41, 5.74) is 8.37. The molecule has 0 aliphatic rings. The van der Waals surface area contributed by atoms with Crippen LogP contribution in [0, 0.1) is 6.92 Å². The van der Waals surface area contributed by atoms with Crippen molar-refractivity contribution in [2.24, 2.45) is 0 Å². The van der Waals surface area contributed by atoms with Gasteiger partial charge in [0.1, 0.15) is 11.6 Å². The molecule has 0 aliphatic carbocycles. The molecule has 0 unspecified atom stereocenters. The van der Waals surface area contributed by atoms with Gasteiger partial charge in [-0.15, -0.1) is 0 Å². The summed E-state index contributed by atoms with van der Waals surface area (Å²) in [7, 11) is 1.65. The minimum atomic E-state index is 0.448. The lowest BCUT2D eigenvalue weighted by Crippen LogP contribution is -2.02. The van der Waals surface area contributed by atoms with Crippen LogP contribution in [0.5, 0.6) is 11.6 Å². The molecule has 0 radical (unpaired) electrons. The van der Waals surface area contributed by atoms with Gasteiger partial charge in [-0.05, 0) is 49.7 Å². The number of hydrogen-bond donors (Lipinski definition) is 2. The predicted molar refractivity (Wildman–Crippen MR) is 80.8 cm³/mol. The van der Waals surface area contributed by atoms with E-state index in [0.717, 1.165) is 17.0 Å². The summed E-state index contributed by atoms with van der Waals surface area (Å²) in [6.45, 7) is 4.43. The zero-order valence-corrected chi connectivity index (χ0v) is 11.9. The van der Waals surface area contributed by atoms with E-state index in [2.05, 4.69) is 10.3 Å². The number of nitrogens with one attached hydrogen (secondary N) is 1. The van der Waals surface area contributed by atoms with Crippen LogP contribution >= 0.6 is 0 Å². The van der Waals surface area contributed by atoms with Gasteiger partial charge in [-0.2, -0.15) is 4.98 Å². The minimum absolute atomic E-state index is 0.448. The van der Waals surface area contributed by atoms with Gasteiger partial charge in [-0.25, -0.2) is 0 Å². The lowest BCUT2D eigenvalue weighted by atomic mass is 10.2. The molecule has 1 heterocycles. The number of pyridine rings is 1. The number of rotatable bonds is 5. The highest BCUT2D eigenvalue weighted by molar-refractivity contribution is 5.64. The van der Waals surface area contributed by atoms with E-state index in [4.69, 9.17) is 15.2 Å². The molecule has 0 saturated carbocycles. The Morgan fingerprint density at radius 3 is 2.70 bits per heavy atom. The van der Waals surface area contributed by atoms with E-state index >= 15 is 0 Å². The molecule has 0 bridgehead atoms. The largest absolute Gasteiger partial charge is 0.497 e. The highest BCUT2D eigenvalue weighted by Gasteiger charge is 2.06. The maximum atomic E-state index is 5.80. The SMILES string of the molecule is CCOc1nc(Nc2ccc(OC)cc2C)ccc1N. The summed E-state index contributed by atoms with van der Waals surface area (Å²) in [5.74, 6) is 1.97. The van der Waals surface area contributed by atoms with E-state index in [1.54, 1.807) is 13.2 Å². The Kier molecular flexibility index (Phi) is 4.30. The topological polar surface area (TPSA) is 69.4 Å². The number of anilines is 3. The Hall–Kier alpha value is -2.43.